The van der Waals surface area contributed by atoms with Gasteiger partial charge < -0.3 is 8.83 Å². The van der Waals surface area contributed by atoms with Gasteiger partial charge in [0.1, 0.15) is 22.3 Å². The van der Waals surface area contributed by atoms with E-state index in [4.69, 9.17) is 18.8 Å². The number of aromatic nitrogens is 2. The van der Waals surface area contributed by atoms with Crippen molar-refractivity contribution < 1.29 is 8.83 Å². The summed E-state index contributed by atoms with van der Waals surface area (Å²) in [6.07, 6.45) is 1.90. The SMILES string of the molecule is c1cc(-c2cccc(-c3c4oc5ccccc5c4cc4oc5ccccc5c34)c2)cc(-c2cnc3c4ccccc4c4ccccc4c3n2)c1. The predicted molar refractivity (Wildman–Crippen MR) is 205 cm³/mol. The fourth-order valence-corrected chi connectivity index (χ4v) is 7.81. The van der Waals surface area contributed by atoms with E-state index in [1.165, 1.54) is 10.8 Å². The van der Waals surface area contributed by atoms with E-state index >= 15 is 0 Å². The van der Waals surface area contributed by atoms with Crippen LogP contribution in [0, 0.1) is 0 Å². The molecule has 0 radical (unpaired) electrons. The lowest BCUT2D eigenvalue weighted by Crippen LogP contribution is -1.92. The molecule has 4 heteroatoms. The van der Waals surface area contributed by atoms with Crippen LogP contribution in [-0.4, -0.2) is 9.97 Å². The smallest absolute Gasteiger partial charge is 0.144 e. The number of nitrogens with zero attached hydrogens (tertiary/aromatic N) is 2. The lowest BCUT2D eigenvalue weighted by Gasteiger charge is -2.11. The average Bonchev–Trinajstić information content (AvgIpc) is 3.75. The van der Waals surface area contributed by atoms with Gasteiger partial charge in [-0.1, -0.05) is 121 Å². The first-order valence-corrected chi connectivity index (χ1v) is 16.8. The molecule has 8 aromatic carbocycles. The molecule has 11 rings (SSSR count). The molecule has 0 atom stereocenters. The van der Waals surface area contributed by atoms with Crippen molar-refractivity contribution in [2.24, 2.45) is 0 Å². The first kappa shape index (κ1) is 27.2. The highest BCUT2D eigenvalue weighted by Crippen LogP contribution is 2.45. The van der Waals surface area contributed by atoms with Gasteiger partial charge in [-0.25, -0.2) is 4.98 Å². The van der Waals surface area contributed by atoms with Gasteiger partial charge in [0.05, 0.1) is 22.9 Å². The van der Waals surface area contributed by atoms with Crippen molar-refractivity contribution in [2.45, 2.75) is 0 Å². The zero-order valence-electron chi connectivity index (χ0n) is 26.7. The third kappa shape index (κ3) is 3.93. The lowest BCUT2D eigenvalue weighted by molar-refractivity contribution is 0.664. The highest BCUT2D eigenvalue weighted by atomic mass is 16.3. The van der Waals surface area contributed by atoms with Gasteiger partial charge >= 0.3 is 0 Å². The molecule has 0 aliphatic rings. The summed E-state index contributed by atoms with van der Waals surface area (Å²) >= 11 is 0. The van der Waals surface area contributed by atoms with Crippen molar-refractivity contribution in [3.8, 4) is 33.5 Å². The molecule has 0 amide bonds. The molecule has 0 spiro atoms. The first-order valence-electron chi connectivity index (χ1n) is 16.8. The van der Waals surface area contributed by atoms with Gasteiger partial charge in [0, 0.05) is 43.4 Å². The van der Waals surface area contributed by atoms with Gasteiger partial charge in [0.15, 0.2) is 0 Å². The van der Waals surface area contributed by atoms with Crippen molar-refractivity contribution >= 4 is 76.5 Å². The molecule has 0 N–H and O–H groups in total. The van der Waals surface area contributed by atoms with Gasteiger partial charge in [-0.3, -0.25) is 4.98 Å². The fraction of sp³-hybridized carbons (Fsp3) is 0. The molecule has 50 heavy (non-hydrogen) atoms. The molecular weight excluding hydrogens is 613 g/mol. The first-order chi connectivity index (χ1) is 24.8. The Kier molecular flexibility index (Phi) is 5.63. The molecule has 0 unspecified atom stereocenters. The Morgan fingerprint density at radius 2 is 0.940 bits per heavy atom. The minimum absolute atomic E-state index is 0.842. The van der Waals surface area contributed by atoms with E-state index in [0.717, 1.165) is 99.2 Å². The zero-order chi connectivity index (χ0) is 32.8. The van der Waals surface area contributed by atoms with Crippen LogP contribution in [0.3, 0.4) is 0 Å². The van der Waals surface area contributed by atoms with Crippen LogP contribution >= 0.6 is 0 Å². The molecule has 11 aromatic rings. The fourth-order valence-electron chi connectivity index (χ4n) is 7.81. The largest absolute Gasteiger partial charge is 0.456 e. The van der Waals surface area contributed by atoms with Gasteiger partial charge in [-0.2, -0.15) is 0 Å². The van der Waals surface area contributed by atoms with Crippen LogP contribution in [0.2, 0.25) is 0 Å². The molecule has 0 saturated carbocycles. The monoisotopic (exact) mass is 638 g/mol. The number of benzene rings is 8. The number of furan rings is 2. The number of hydrogen-bond donors (Lipinski definition) is 0. The van der Waals surface area contributed by atoms with Crippen LogP contribution in [0.25, 0.3) is 110 Å². The normalized spacial score (nSPS) is 12.0. The minimum Gasteiger partial charge on any atom is -0.456 e. The van der Waals surface area contributed by atoms with E-state index in [0.29, 0.717) is 0 Å². The maximum atomic E-state index is 6.62. The molecule has 4 nitrogen and oxygen atoms in total. The number of rotatable bonds is 3. The van der Waals surface area contributed by atoms with E-state index in [1.807, 2.05) is 30.5 Å². The second-order valence-corrected chi connectivity index (χ2v) is 12.9. The zero-order valence-corrected chi connectivity index (χ0v) is 26.7. The molecule has 0 saturated heterocycles. The summed E-state index contributed by atoms with van der Waals surface area (Å²) < 4.78 is 13.1. The van der Waals surface area contributed by atoms with E-state index < -0.39 is 0 Å². The molecule has 3 aromatic heterocycles. The summed E-state index contributed by atoms with van der Waals surface area (Å²) in [4.78, 5) is 10.3. The summed E-state index contributed by atoms with van der Waals surface area (Å²) in [6, 6.07) is 52.8. The lowest BCUT2D eigenvalue weighted by atomic mass is 9.93. The Hall–Kier alpha value is -6.78. The van der Waals surface area contributed by atoms with Crippen LogP contribution in [-0.2, 0) is 0 Å². The average molecular weight is 639 g/mol. The van der Waals surface area contributed by atoms with Crippen LogP contribution < -0.4 is 0 Å². The Labute approximate surface area is 285 Å². The second kappa shape index (κ2) is 10.4. The minimum atomic E-state index is 0.842. The van der Waals surface area contributed by atoms with E-state index in [1.54, 1.807) is 0 Å². The molecule has 0 aliphatic carbocycles. The quantitative estimate of drug-likeness (QED) is 0.181. The predicted octanol–water partition coefficient (Wildman–Crippen LogP) is 12.7. The van der Waals surface area contributed by atoms with Crippen molar-refractivity contribution in [2.75, 3.05) is 0 Å². The molecule has 3 heterocycles. The Morgan fingerprint density at radius 1 is 0.380 bits per heavy atom. The van der Waals surface area contributed by atoms with Crippen molar-refractivity contribution in [1.29, 1.82) is 0 Å². The van der Waals surface area contributed by atoms with Crippen LogP contribution in [0.15, 0.2) is 167 Å². The highest BCUT2D eigenvalue weighted by molar-refractivity contribution is 6.24. The molecule has 0 bridgehead atoms. The maximum Gasteiger partial charge on any atom is 0.144 e. The summed E-state index contributed by atoms with van der Waals surface area (Å²) in [6.45, 7) is 0. The van der Waals surface area contributed by atoms with E-state index in [2.05, 4.69) is 127 Å². The number of para-hydroxylation sites is 2. The standard InChI is InChI=1S/C46H26N2O2/c1-3-18-34-31(15-1)32-16-2-4-19-35(32)45-44(34)47-26-38(48-45)29-13-9-11-27(23-29)28-12-10-14-30(24-28)42-43-36-20-6-8-22-40(36)49-41(43)25-37-33-17-5-7-21-39(33)50-46(37)42/h1-26H. The topological polar surface area (TPSA) is 52.1 Å². The second-order valence-electron chi connectivity index (χ2n) is 12.9. The van der Waals surface area contributed by atoms with Gasteiger partial charge in [-0.15, -0.1) is 0 Å². The number of hydrogen-bond acceptors (Lipinski definition) is 4. The van der Waals surface area contributed by atoms with E-state index in [9.17, 15) is 0 Å². The van der Waals surface area contributed by atoms with Gasteiger partial charge in [0.2, 0.25) is 0 Å². The molecule has 0 fully saturated rings. The van der Waals surface area contributed by atoms with Crippen LogP contribution in [0.5, 0.6) is 0 Å². The summed E-state index contributed by atoms with van der Waals surface area (Å²) in [5, 5.41) is 8.86. The highest BCUT2D eigenvalue weighted by Gasteiger charge is 2.21. The van der Waals surface area contributed by atoms with Gasteiger partial charge in [0.25, 0.3) is 0 Å². The van der Waals surface area contributed by atoms with Gasteiger partial charge in [-0.05, 0) is 57.8 Å². The third-order valence-corrected chi connectivity index (χ3v) is 10.1. The van der Waals surface area contributed by atoms with Crippen LogP contribution in [0.4, 0.5) is 0 Å². The summed E-state index contributed by atoms with van der Waals surface area (Å²) in [5.74, 6) is 0. The van der Waals surface area contributed by atoms with E-state index in [-0.39, 0.29) is 0 Å². The number of fused-ring (bicyclic) bond motifs is 12. The maximum absolute atomic E-state index is 6.62. The van der Waals surface area contributed by atoms with Crippen LogP contribution in [0.1, 0.15) is 0 Å². The Morgan fingerprint density at radius 3 is 1.68 bits per heavy atom. The third-order valence-electron chi connectivity index (χ3n) is 10.1. The summed E-state index contributed by atoms with van der Waals surface area (Å²) in [7, 11) is 0. The Bertz CT molecular complexity index is 3130. The van der Waals surface area contributed by atoms with Crippen molar-refractivity contribution in [3.63, 3.8) is 0 Å². The summed E-state index contributed by atoms with van der Waals surface area (Å²) in [5.41, 5.74) is 11.4. The molecule has 232 valence electrons. The Balaban J connectivity index is 1.10. The van der Waals surface area contributed by atoms with Crippen molar-refractivity contribution in [1.82, 2.24) is 9.97 Å². The molecular formula is C46H26N2O2. The molecule has 0 aliphatic heterocycles. The van der Waals surface area contributed by atoms with Crippen molar-refractivity contribution in [3.05, 3.63) is 158 Å².